The van der Waals surface area contributed by atoms with Crippen molar-refractivity contribution in [2.75, 3.05) is 0 Å². The van der Waals surface area contributed by atoms with Gasteiger partial charge >= 0.3 is 6.09 Å². The molecule has 0 atom stereocenters. The molecule has 0 aliphatic carbocycles. The number of rotatable bonds is 3. The van der Waals surface area contributed by atoms with Gasteiger partial charge in [0.05, 0.1) is 11.6 Å². The van der Waals surface area contributed by atoms with Crippen molar-refractivity contribution in [3.63, 3.8) is 0 Å². The maximum absolute atomic E-state index is 11.5. The van der Waals surface area contributed by atoms with E-state index in [1.54, 1.807) is 36.7 Å². The van der Waals surface area contributed by atoms with Crippen molar-refractivity contribution in [3.05, 3.63) is 59.9 Å². The van der Waals surface area contributed by atoms with Crippen LogP contribution in [0.2, 0.25) is 0 Å². The number of nitrogens with zero attached hydrogens (tertiary/aromatic N) is 2. The van der Waals surface area contributed by atoms with Crippen LogP contribution in [0.1, 0.15) is 11.1 Å². The van der Waals surface area contributed by atoms with Crippen molar-refractivity contribution < 1.29 is 9.53 Å². The molecule has 2 aromatic rings. The van der Waals surface area contributed by atoms with Crippen LogP contribution in [0.5, 0.6) is 5.75 Å². The highest BCUT2D eigenvalue weighted by Crippen LogP contribution is 2.11. The van der Waals surface area contributed by atoms with E-state index in [-0.39, 0.29) is 0 Å². The Hall–Kier alpha value is -2.87. The molecule has 0 radical (unpaired) electrons. The fourth-order valence-electron chi connectivity index (χ4n) is 1.42. The van der Waals surface area contributed by atoms with Crippen LogP contribution in [-0.2, 0) is 6.54 Å². The molecule has 0 fully saturated rings. The van der Waals surface area contributed by atoms with E-state index in [1.165, 1.54) is 0 Å². The largest absolute Gasteiger partial charge is 0.412 e. The molecule has 94 valence electrons. The molecule has 5 heteroatoms. The third kappa shape index (κ3) is 3.82. The minimum Gasteiger partial charge on any atom is -0.410 e. The average molecular weight is 253 g/mol. The minimum atomic E-state index is -0.540. The van der Waals surface area contributed by atoms with Crippen LogP contribution in [0.15, 0.2) is 48.8 Å². The Labute approximate surface area is 110 Å². The summed E-state index contributed by atoms with van der Waals surface area (Å²) >= 11 is 0. The molecule has 0 aliphatic rings. The van der Waals surface area contributed by atoms with Crippen molar-refractivity contribution in [2.24, 2.45) is 0 Å². The number of pyridine rings is 1. The van der Waals surface area contributed by atoms with Crippen molar-refractivity contribution in [1.82, 2.24) is 10.3 Å². The maximum atomic E-state index is 11.5. The molecule has 0 saturated heterocycles. The molecular weight excluding hydrogens is 242 g/mol. The lowest BCUT2D eigenvalue weighted by Crippen LogP contribution is -2.26. The maximum Gasteiger partial charge on any atom is 0.412 e. The smallest absolute Gasteiger partial charge is 0.410 e. The van der Waals surface area contributed by atoms with Gasteiger partial charge in [-0.3, -0.25) is 4.98 Å². The number of hydrogen-bond acceptors (Lipinski definition) is 4. The lowest BCUT2D eigenvalue weighted by Gasteiger charge is -2.06. The van der Waals surface area contributed by atoms with Gasteiger partial charge in [-0.15, -0.1) is 0 Å². The SMILES string of the molecule is N#Cc1ccc(OC(=O)NCc2ccncc2)cc1. The first-order valence-corrected chi connectivity index (χ1v) is 5.62. The van der Waals surface area contributed by atoms with Gasteiger partial charge in [-0.25, -0.2) is 4.79 Å². The van der Waals surface area contributed by atoms with Crippen LogP contribution >= 0.6 is 0 Å². The van der Waals surface area contributed by atoms with Crippen molar-refractivity contribution in [1.29, 1.82) is 5.26 Å². The number of aromatic nitrogens is 1. The van der Waals surface area contributed by atoms with E-state index in [1.807, 2.05) is 18.2 Å². The van der Waals surface area contributed by atoms with E-state index in [4.69, 9.17) is 10.00 Å². The molecule has 5 nitrogen and oxygen atoms in total. The summed E-state index contributed by atoms with van der Waals surface area (Å²) in [6, 6.07) is 11.9. The van der Waals surface area contributed by atoms with Gasteiger partial charge in [-0.2, -0.15) is 5.26 Å². The van der Waals surface area contributed by atoms with Crippen LogP contribution in [0, 0.1) is 11.3 Å². The molecule has 1 aromatic heterocycles. The Morgan fingerprint density at radius 1 is 1.21 bits per heavy atom. The van der Waals surface area contributed by atoms with Gasteiger partial charge < -0.3 is 10.1 Å². The Bertz CT molecular complexity index is 588. The van der Waals surface area contributed by atoms with Crippen LogP contribution in [0.3, 0.4) is 0 Å². The second-order valence-corrected chi connectivity index (χ2v) is 3.73. The van der Waals surface area contributed by atoms with Gasteiger partial charge in [0.25, 0.3) is 0 Å². The molecule has 2 rings (SSSR count). The molecule has 1 aromatic carbocycles. The first-order chi connectivity index (χ1) is 9.28. The summed E-state index contributed by atoms with van der Waals surface area (Å²) in [5, 5.41) is 11.3. The number of carbonyl (C=O) groups excluding carboxylic acids is 1. The molecule has 1 amide bonds. The Morgan fingerprint density at radius 3 is 2.53 bits per heavy atom. The first-order valence-electron chi connectivity index (χ1n) is 5.62. The lowest BCUT2D eigenvalue weighted by atomic mass is 10.2. The summed E-state index contributed by atoms with van der Waals surface area (Å²) in [5.41, 5.74) is 1.45. The molecule has 0 aliphatic heterocycles. The zero-order valence-corrected chi connectivity index (χ0v) is 10.0. The standard InChI is InChI=1S/C14H11N3O2/c15-9-11-1-3-13(4-2-11)19-14(18)17-10-12-5-7-16-8-6-12/h1-8H,10H2,(H,17,18). The molecule has 19 heavy (non-hydrogen) atoms. The van der Waals surface area contributed by atoms with E-state index in [0.717, 1.165) is 5.56 Å². The predicted molar refractivity (Wildman–Crippen MR) is 68.3 cm³/mol. The topological polar surface area (TPSA) is 75.0 Å². The molecule has 1 N–H and O–H groups in total. The highest BCUT2D eigenvalue weighted by atomic mass is 16.5. The summed E-state index contributed by atoms with van der Waals surface area (Å²) in [4.78, 5) is 15.4. The van der Waals surface area contributed by atoms with E-state index < -0.39 is 6.09 Å². The Balaban J connectivity index is 1.86. The normalized spacial score (nSPS) is 9.42. The zero-order valence-electron chi connectivity index (χ0n) is 10.0. The summed E-state index contributed by atoms with van der Waals surface area (Å²) in [5.74, 6) is 0.395. The number of nitriles is 1. The predicted octanol–water partition coefficient (Wildman–Crippen LogP) is 2.24. The summed E-state index contributed by atoms with van der Waals surface area (Å²) in [7, 11) is 0. The van der Waals surface area contributed by atoms with Crippen molar-refractivity contribution >= 4 is 6.09 Å². The van der Waals surface area contributed by atoms with Gasteiger partial charge in [0, 0.05) is 18.9 Å². The number of carbonyl (C=O) groups is 1. The summed E-state index contributed by atoms with van der Waals surface area (Å²) < 4.78 is 5.06. The number of ether oxygens (including phenoxy) is 1. The van der Waals surface area contributed by atoms with Crippen LogP contribution in [0.25, 0.3) is 0 Å². The molecule has 1 heterocycles. The zero-order chi connectivity index (χ0) is 13.5. The van der Waals surface area contributed by atoms with Crippen LogP contribution in [0.4, 0.5) is 4.79 Å². The highest BCUT2D eigenvalue weighted by Gasteiger charge is 2.04. The minimum absolute atomic E-state index is 0.373. The Kier molecular flexibility index (Phi) is 4.09. The summed E-state index contributed by atoms with van der Waals surface area (Å²) in [6.45, 7) is 0.373. The number of nitrogens with one attached hydrogen (secondary N) is 1. The number of hydrogen-bond donors (Lipinski definition) is 1. The van der Waals surface area contributed by atoms with E-state index in [2.05, 4.69) is 10.3 Å². The summed E-state index contributed by atoms with van der Waals surface area (Å²) in [6.07, 6.45) is 2.77. The lowest BCUT2D eigenvalue weighted by molar-refractivity contribution is 0.200. The average Bonchev–Trinajstić information content (AvgIpc) is 2.47. The first kappa shape index (κ1) is 12.6. The fourth-order valence-corrected chi connectivity index (χ4v) is 1.42. The molecule has 0 bridgehead atoms. The van der Waals surface area contributed by atoms with Gasteiger partial charge in [0.2, 0.25) is 0 Å². The van der Waals surface area contributed by atoms with Crippen LogP contribution < -0.4 is 10.1 Å². The monoisotopic (exact) mass is 253 g/mol. The number of benzene rings is 1. The van der Waals surface area contributed by atoms with Gasteiger partial charge in [0.15, 0.2) is 0 Å². The Morgan fingerprint density at radius 2 is 1.89 bits per heavy atom. The fraction of sp³-hybridized carbons (Fsp3) is 0.0714. The van der Waals surface area contributed by atoms with E-state index in [0.29, 0.717) is 17.9 Å². The van der Waals surface area contributed by atoms with Crippen molar-refractivity contribution in [2.45, 2.75) is 6.54 Å². The second kappa shape index (κ2) is 6.17. The van der Waals surface area contributed by atoms with Gasteiger partial charge in [0.1, 0.15) is 5.75 Å². The molecule has 0 saturated carbocycles. The molecule has 0 unspecified atom stereocenters. The highest BCUT2D eigenvalue weighted by molar-refractivity contribution is 5.70. The van der Waals surface area contributed by atoms with Crippen molar-refractivity contribution in [3.8, 4) is 11.8 Å². The third-order valence-electron chi connectivity index (χ3n) is 2.38. The third-order valence-corrected chi connectivity index (χ3v) is 2.38. The van der Waals surface area contributed by atoms with E-state index in [9.17, 15) is 4.79 Å². The van der Waals surface area contributed by atoms with Crippen LogP contribution in [-0.4, -0.2) is 11.1 Å². The molecular formula is C14H11N3O2. The number of amides is 1. The quantitative estimate of drug-likeness (QED) is 0.910. The van der Waals surface area contributed by atoms with Gasteiger partial charge in [-0.1, -0.05) is 0 Å². The second-order valence-electron chi connectivity index (χ2n) is 3.73. The van der Waals surface area contributed by atoms with Gasteiger partial charge in [-0.05, 0) is 42.0 Å². The molecule has 0 spiro atoms. The van der Waals surface area contributed by atoms with E-state index >= 15 is 0 Å².